The molecule has 1 aliphatic heterocycles. The highest BCUT2D eigenvalue weighted by atomic mass is 32.2. The van der Waals surface area contributed by atoms with E-state index in [1.807, 2.05) is 59.6 Å². The van der Waals surface area contributed by atoms with E-state index in [1.54, 1.807) is 24.5 Å². The lowest BCUT2D eigenvalue weighted by Gasteiger charge is -2.29. The summed E-state index contributed by atoms with van der Waals surface area (Å²) >= 11 is 5.84. The molecule has 0 bridgehead atoms. The number of nitrogens with zero attached hydrogens (tertiary/aromatic N) is 4. The molecule has 4 aromatic rings. The fraction of sp³-hybridized carbons (Fsp3) is 0.192. The third-order valence-electron chi connectivity index (χ3n) is 6.08. The molecule has 3 aromatic heterocycles. The highest BCUT2D eigenvalue weighted by molar-refractivity contribution is 7.92. The number of methoxy groups -OCH3 is 1. The van der Waals surface area contributed by atoms with Gasteiger partial charge in [-0.2, -0.15) is 0 Å². The first-order chi connectivity index (χ1) is 17.8. The summed E-state index contributed by atoms with van der Waals surface area (Å²) in [6.07, 6.45) is 6.68. The lowest BCUT2D eigenvalue weighted by molar-refractivity contribution is 0.417. The smallest absolute Gasteiger partial charge is 0.229 e. The van der Waals surface area contributed by atoms with Gasteiger partial charge < -0.3 is 19.5 Å². The van der Waals surface area contributed by atoms with Crippen LogP contribution in [0.5, 0.6) is 5.75 Å². The van der Waals surface area contributed by atoms with Crippen LogP contribution >= 0.6 is 12.2 Å². The molecule has 2 atom stereocenters. The molecule has 0 spiro atoms. The topological polar surface area (TPSA) is 101 Å². The normalized spacial score (nSPS) is 17.5. The first-order valence-electron chi connectivity index (χ1n) is 11.6. The van der Waals surface area contributed by atoms with Crippen molar-refractivity contribution >= 4 is 38.7 Å². The Hall–Kier alpha value is -3.96. The molecule has 190 valence electrons. The molecule has 9 nitrogen and oxygen atoms in total. The molecule has 4 heterocycles. The maximum absolute atomic E-state index is 11.8. The van der Waals surface area contributed by atoms with Crippen molar-refractivity contribution in [2.45, 2.75) is 18.6 Å². The van der Waals surface area contributed by atoms with E-state index in [2.05, 4.69) is 30.6 Å². The fourth-order valence-electron chi connectivity index (χ4n) is 4.55. The Balaban J connectivity index is 1.60. The van der Waals surface area contributed by atoms with Crippen LogP contribution in [0.3, 0.4) is 0 Å². The first kappa shape index (κ1) is 24.7. The number of hydrogen-bond donors (Lipinski definition) is 2. The van der Waals surface area contributed by atoms with Crippen LogP contribution in [0.2, 0.25) is 0 Å². The molecule has 5 rings (SSSR count). The summed E-state index contributed by atoms with van der Waals surface area (Å²) < 4.78 is 33.8. The zero-order valence-corrected chi connectivity index (χ0v) is 21.9. The lowest BCUT2D eigenvalue weighted by atomic mass is 10.0. The van der Waals surface area contributed by atoms with Gasteiger partial charge in [0.1, 0.15) is 11.8 Å². The van der Waals surface area contributed by atoms with Crippen molar-refractivity contribution in [3.05, 3.63) is 102 Å². The summed E-state index contributed by atoms with van der Waals surface area (Å²) in [5.41, 5.74) is 3.91. The highest BCUT2D eigenvalue weighted by Gasteiger charge is 2.42. The minimum atomic E-state index is -3.48. The van der Waals surface area contributed by atoms with Gasteiger partial charge in [0.25, 0.3) is 0 Å². The van der Waals surface area contributed by atoms with E-state index < -0.39 is 10.0 Å². The van der Waals surface area contributed by atoms with Gasteiger partial charge in [-0.25, -0.2) is 8.42 Å². The van der Waals surface area contributed by atoms with Crippen molar-refractivity contribution in [1.29, 1.82) is 0 Å². The maximum atomic E-state index is 11.8. The maximum Gasteiger partial charge on any atom is 0.229 e. The number of hydrogen-bond acceptors (Lipinski definition) is 6. The molecule has 37 heavy (non-hydrogen) atoms. The number of ether oxygens (including phenoxy) is 1. The molecule has 1 saturated heterocycles. The molecule has 0 amide bonds. The molecular weight excluding hydrogens is 508 g/mol. The van der Waals surface area contributed by atoms with Gasteiger partial charge in [0.05, 0.1) is 43.0 Å². The van der Waals surface area contributed by atoms with E-state index in [0.717, 1.165) is 29.0 Å². The summed E-state index contributed by atoms with van der Waals surface area (Å²) in [5, 5.41) is 3.98. The van der Waals surface area contributed by atoms with Crippen LogP contribution in [0.25, 0.3) is 0 Å². The van der Waals surface area contributed by atoms with Gasteiger partial charge in [-0.05, 0) is 60.7 Å². The van der Waals surface area contributed by atoms with Crippen molar-refractivity contribution in [3.63, 3.8) is 0 Å². The average molecular weight is 535 g/mol. The number of nitrogens with one attached hydrogen (secondary N) is 2. The third kappa shape index (κ3) is 5.27. The summed E-state index contributed by atoms with van der Waals surface area (Å²) in [4.78, 5) is 11.1. The summed E-state index contributed by atoms with van der Waals surface area (Å²) in [6, 6.07) is 20.5. The van der Waals surface area contributed by atoms with Crippen molar-refractivity contribution in [1.82, 2.24) is 19.9 Å². The number of sulfonamides is 1. The fourth-order valence-corrected chi connectivity index (χ4v) is 5.47. The molecule has 1 aromatic carbocycles. The van der Waals surface area contributed by atoms with Crippen molar-refractivity contribution in [2.75, 3.05) is 23.0 Å². The Morgan fingerprint density at radius 1 is 1.05 bits per heavy atom. The molecule has 1 aliphatic rings. The van der Waals surface area contributed by atoms with Crippen molar-refractivity contribution < 1.29 is 13.2 Å². The Bertz CT molecular complexity index is 1510. The molecule has 11 heteroatoms. The molecule has 2 N–H and O–H groups in total. The largest absolute Gasteiger partial charge is 0.494 e. The zero-order chi connectivity index (χ0) is 26.0. The van der Waals surface area contributed by atoms with E-state index >= 15 is 0 Å². The number of pyridine rings is 2. The average Bonchev–Trinajstić information content (AvgIpc) is 3.48. The van der Waals surface area contributed by atoms with Gasteiger partial charge in [0, 0.05) is 36.0 Å². The molecule has 0 saturated carbocycles. The first-order valence-corrected chi connectivity index (χ1v) is 13.9. The van der Waals surface area contributed by atoms with Gasteiger partial charge in [-0.15, -0.1) is 0 Å². The quantitative estimate of drug-likeness (QED) is 0.329. The summed E-state index contributed by atoms with van der Waals surface area (Å²) in [6.45, 7) is 0.593. The van der Waals surface area contributed by atoms with Crippen LogP contribution < -0.4 is 19.7 Å². The second-order valence-electron chi connectivity index (χ2n) is 8.64. The van der Waals surface area contributed by atoms with Crippen LogP contribution in [0.4, 0.5) is 11.4 Å². The summed E-state index contributed by atoms with van der Waals surface area (Å²) in [7, 11) is -1.98. The van der Waals surface area contributed by atoms with E-state index in [1.165, 1.54) is 7.11 Å². The number of anilines is 2. The van der Waals surface area contributed by atoms with Crippen LogP contribution in [0, 0.1) is 0 Å². The standard InChI is InChI=1S/C26H26N6O3S2/c1-35-23-16-19(11-12-20(23)30-37(2,33)34)32-25(24(29-26(32)36)21-9-4-6-14-28-21)22-10-7-15-31(22)17-18-8-3-5-13-27-18/h3-16,24-25,30H,17H2,1-2H3,(H,29,36)/t24-,25-/m0/s1. The predicted molar refractivity (Wildman–Crippen MR) is 147 cm³/mol. The highest BCUT2D eigenvalue weighted by Crippen LogP contribution is 2.43. The molecule has 1 fully saturated rings. The van der Waals surface area contributed by atoms with Gasteiger partial charge in [0.15, 0.2) is 5.11 Å². The third-order valence-corrected chi connectivity index (χ3v) is 6.99. The SMILES string of the molecule is COc1cc(N2C(=S)N[C@@H](c3ccccn3)[C@@H]2c2cccn2Cc2ccccn2)ccc1NS(C)(=O)=O. The molecule has 0 unspecified atom stereocenters. The van der Waals surface area contributed by atoms with E-state index in [9.17, 15) is 8.42 Å². The van der Waals surface area contributed by atoms with Crippen LogP contribution in [-0.2, 0) is 16.6 Å². The van der Waals surface area contributed by atoms with Crippen LogP contribution in [0.1, 0.15) is 29.2 Å². The second-order valence-corrected chi connectivity index (χ2v) is 10.8. The predicted octanol–water partition coefficient (Wildman–Crippen LogP) is 3.88. The van der Waals surface area contributed by atoms with E-state index in [4.69, 9.17) is 17.0 Å². The molecule has 0 radical (unpaired) electrons. The van der Waals surface area contributed by atoms with Crippen LogP contribution in [0.15, 0.2) is 85.3 Å². The Morgan fingerprint density at radius 3 is 2.51 bits per heavy atom. The van der Waals surface area contributed by atoms with Crippen LogP contribution in [-0.4, -0.2) is 41.4 Å². The van der Waals surface area contributed by atoms with Gasteiger partial charge in [-0.3, -0.25) is 14.7 Å². The minimum Gasteiger partial charge on any atom is -0.494 e. The van der Waals surface area contributed by atoms with Crippen molar-refractivity contribution in [2.24, 2.45) is 0 Å². The second kappa shape index (κ2) is 10.2. The van der Waals surface area contributed by atoms with E-state index in [0.29, 0.717) is 23.1 Å². The number of thiocarbonyl (C=S) groups is 1. The number of aromatic nitrogens is 3. The Labute approximate surface area is 221 Å². The Kier molecular flexibility index (Phi) is 6.81. The zero-order valence-electron chi connectivity index (χ0n) is 20.3. The Morgan fingerprint density at radius 2 is 1.84 bits per heavy atom. The summed E-state index contributed by atoms with van der Waals surface area (Å²) in [5.74, 6) is 0.384. The number of benzene rings is 1. The van der Waals surface area contributed by atoms with Crippen molar-refractivity contribution in [3.8, 4) is 5.75 Å². The van der Waals surface area contributed by atoms with E-state index in [-0.39, 0.29) is 12.1 Å². The minimum absolute atomic E-state index is 0.231. The molecular formula is C26H26N6O3S2. The monoisotopic (exact) mass is 534 g/mol. The van der Waals surface area contributed by atoms with Gasteiger partial charge >= 0.3 is 0 Å². The van der Waals surface area contributed by atoms with Gasteiger partial charge in [-0.1, -0.05) is 12.1 Å². The number of rotatable bonds is 8. The lowest BCUT2D eigenvalue weighted by Crippen LogP contribution is -2.30. The molecule has 0 aliphatic carbocycles. The van der Waals surface area contributed by atoms with Gasteiger partial charge in [0.2, 0.25) is 10.0 Å².